The molecule has 2 rings (SSSR count). The van der Waals surface area contributed by atoms with Crippen LogP contribution in [0.15, 0.2) is 23.4 Å². The Balaban J connectivity index is 2.33. The van der Waals surface area contributed by atoms with Gasteiger partial charge in [0, 0.05) is 31.1 Å². The highest BCUT2D eigenvalue weighted by Crippen LogP contribution is 2.30. The molecule has 0 spiro atoms. The van der Waals surface area contributed by atoms with E-state index in [1.807, 2.05) is 0 Å². The average Bonchev–Trinajstić information content (AvgIpc) is 2.23. The summed E-state index contributed by atoms with van der Waals surface area (Å²) in [5.74, 6) is 0.610. The van der Waals surface area contributed by atoms with Gasteiger partial charge >= 0.3 is 0 Å². The van der Waals surface area contributed by atoms with Crippen LogP contribution in [0.3, 0.4) is 0 Å². The molecule has 15 heavy (non-hydrogen) atoms. The smallest absolute Gasteiger partial charge is 0.253 e. The molecule has 0 aliphatic heterocycles. The third-order valence-electron chi connectivity index (χ3n) is 3.08. The Kier molecular flexibility index (Phi) is 2.66. The molecule has 80 valence electrons. The second-order valence-corrected chi connectivity index (χ2v) is 4.15. The number of hydrogen-bond acceptors (Lipinski definition) is 3. The molecule has 1 aromatic heterocycles. The van der Waals surface area contributed by atoms with Crippen LogP contribution in [0, 0.1) is 5.92 Å². The van der Waals surface area contributed by atoms with Crippen molar-refractivity contribution in [2.75, 3.05) is 0 Å². The lowest BCUT2D eigenvalue weighted by molar-refractivity contribution is -0.122. The van der Waals surface area contributed by atoms with Crippen molar-refractivity contribution < 1.29 is 4.79 Å². The minimum absolute atomic E-state index is 0.00699. The molecular weight excluding hydrogens is 192 g/mol. The quantitative estimate of drug-likeness (QED) is 0.693. The highest BCUT2D eigenvalue weighted by molar-refractivity contribution is 5.79. The average molecular weight is 206 g/mol. The molecule has 1 heterocycles. The van der Waals surface area contributed by atoms with Crippen molar-refractivity contribution in [3.8, 4) is 0 Å². The minimum atomic E-state index is -0.0726. The van der Waals surface area contributed by atoms with E-state index in [-0.39, 0.29) is 17.4 Å². The Morgan fingerprint density at radius 3 is 3.00 bits per heavy atom. The molecule has 2 atom stereocenters. The summed E-state index contributed by atoms with van der Waals surface area (Å²) in [5.41, 5.74) is -0.0726. The van der Waals surface area contributed by atoms with Gasteiger partial charge in [-0.15, -0.1) is 0 Å². The van der Waals surface area contributed by atoms with E-state index in [0.717, 1.165) is 6.42 Å². The highest BCUT2D eigenvalue weighted by Gasteiger charge is 2.27. The van der Waals surface area contributed by atoms with Gasteiger partial charge in [-0.2, -0.15) is 0 Å². The fourth-order valence-electron chi connectivity index (χ4n) is 2.10. The number of ketones is 1. The van der Waals surface area contributed by atoms with E-state index in [4.69, 9.17) is 0 Å². The number of hydrogen-bond donors (Lipinski definition) is 0. The number of carbonyl (C=O) groups is 1. The summed E-state index contributed by atoms with van der Waals surface area (Å²) in [7, 11) is 0. The Bertz CT molecular complexity index is 425. The standard InChI is InChI=1S/C11H14N2O2/c1-8-2-3-9(14)6-10(8)13-7-12-5-4-11(13)15/h4-5,7-8,10H,2-3,6H2,1H3. The second-order valence-electron chi connectivity index (χ2n) is 4.15. The Labute approximate surface area is 88.0 Å². The van der Waals surface area contributed by atoms with Crippen LogP contribution in [0.4, 0.5) is 0 Å². The molecule has 1 saturated carbocycles. The maximum Gasteiger partial charge on any atom is 0.253 e. The molecule has 0 amide bonds. The molecule has 4 nitrogen and oxygen atoms in total. The summed E-state index contributed by atoms with van der Waals surface area (Å²) in [6.45, 7) is 2.08. The molecule has 1 aliphatic carbocycles. The lowest BCUT2D eigenvalue weighted by Crippen LogP contribution is -2.32. The summed E-state index contributed by atoms with van der Waals surface area (Å²) >= 11 is 0. The third kappa shape index (κ3) is 1.98. The van der Waals surface area contributed by atoms with Crippen LogP contribution in [0.25, 0.3) is 0 Å². The zero-order chi connectivity index (χ0) is 10.8. The van der Waals surface area contributed by atoms with Crippen LogP contribution in [-0.4, -0.2) is 15.3 Å². The van der Waals surface area contributed by atoms with E-state index in [9.17, 15) is 9.59 Å². The van der Waals surface area contributed by atoms with E-state index < -0.39 is 0 Å². The Morgan fingerprint density at radius 2 is 2.27 bits per heavy atom. The van der Waals surface area contributed by atoms with E-state index in [1.54, 1.807) is 4.57 Å². The minimum Gasteiger partial charge on any atom is -0.300 e. The first-order chi connectivity index (χ1) is 7.18. The molecule has 0 N–H and O–H groups in total. The van der Waals surface area contributed by atoms with Gasteiger partial charge in [-0.25, -0.2) is 4.98 Å². The summed E-state index contributed by atoms with van der Waals surface area (Å²) in [4.78, 5) is 26.9. The highest BCUT2D eigenvalue weighted by atomic mass is 16.1. The van der Waals surface area contributed by atoms with Gasteiger partial charge in [0.05, 0.1) is 6.33 Å². The zero-order valence-corrected chi connectivity index (χ0v) is 8.72. The number of aromatic nitrogens is 2. The first kappa shape index (κ1) is 10.1. The van der Waals surface area contributed by atoms with Crippen LogP contribution < -0.4 is 5.56 Å². The molecule has 4 heteroatoms. The molecule has 1 fully saturated rings. The van der Waals surface area contributed by atoms with Crippen LogP contribution in [0.1, 0.15) is 32.2 Å². The summed E-state index contributed by atoms with van der Waals surface area (Å²) in [6, 6.07) is 1.43. The van der Waals surface area contributed by atoms with Gasteiger partial charge in [-0.3, -0.25) is 14.2 Å². The molecular formula is C11H14N2O2. The Morgan fingerprint density at radius 1 is 1.47 bits per heavy atom. The van der Waals surface area contributed by atoms with Crippen molar-refractivity contribution in [3.05, 3.63) is 28.9 Å². The van der Waals surface area contributed by atoms with Gasteiger partial charge in [0.2, 0.25) is 0 Å². The van der Waals surface area contributed by atoms with Crippen molar-refractivity contribution in [1.29, 1.82) is 0 Å². The molecule has 2 unspecified atom stereocenters. The van der Waals surface area contributed by atoms with Gasteiger partial charge in [0.25, 0.3) is 5.56 Å². The van der Waals surface area contributed by atoms with E-state index in [0.29, 0.717) is 18.8 Å². The van der Waals surface area contributed by atoms with Crippen molar-refractivity contribution in [1.82, 2.24) is 9.55 Å². The van der Waals surface area contributed by atoms with Gasteiger partial charge in [-0.1, -0.05) is 6.92 Å². The van der Waals surface area contributed by atoms with Gasteiger partial charge < -0.3 is 0 Å². The van der Waals surface area contributed by atoms with E-state index >= 15 is 0 Å². The van der Waals surface area contributed by atoms with Crippen molar-refractivity contribution >= 4 is 5.78 Å². The summed E-state index contributed by atoms with van der Waals surface area (Å²) < 4.78 is 1.59. The molecule has 0 bridgehead atoms. The first-order valence-corrected chi connectivity index (χ1v) is 5.22. The molecule has 1 aliphatic rings. The molecule has 0 radical (unpaired) electrons. The molecule has 1 aromatic rings. The zero-order valence-electron chi connectivity index (χ0n) is 8.72. The normalized spacial score (nSPS) is 26.6. The van der Waals surface area contributed by atoms with Gasteiger partial charge in [0.1, 0.15) is 5.78 Å². The van der Waals surface area contributed by atoms with Crippen LogP contribution in [0.2, 0.25) is 0 Å². The molecule has 0 saturated heterocycles. The van der Waals surface area contributed by atoms with Crippen molar-refractivity contribution in [2.24, 2.45) is 5.92 Å². The van der Waals surface area contributed by atoms with Crippen LogP contribution in [0.5, 0.6) is 0 Å². The fourth-order valence-corrected chi connectivity index (χ4v) is 2.10. The van der Waals surface area contributed by atoms with Crippen LogP contribution in [-0.2, 0) is 4.79 Å². The maximum atomic E-state index is 11.6. The Hall–Kier alpha value is -1.45. The summed E-state index contributed by atoms with van der Waals surface area (Å²) in [5, 5.41) is 0. The lowest BCUT2D eigenvalue weighted by atomic mass is 9.85. The summed E-state index contributed by atoms with van der Waals surface area (Å²) in [6.07, 6.45) is 4.99. The molecule has 0 aromatic carbocycles. The number of nitrogens with zero attached hydrogens (tertiary/aromatic N) is 2. The van der Waals surface area contributed by atoms with Crippen molar-refractivity contribution in [3.63, 3.8) is 0 Å². The van der Waals surface area contributed by atoms with E-state index in [1.165, 1.54) is 18.6 Å². The van der Waals surface area contributed by atoms with Gasteiger partial charge in [0.15, 0.2) is 0 Å². The first-order valence-electron chi connectivity index (χ1n) is 5.22. The topological polar surface area (TPSA) is 52.0 Å². The number of Topliss-reactive ketones (excluding diaryl/α,β-unsaturated/α-hetero) is 1. The monoisotopic (exact) mass is 206 g/mol. The maximum absolute atomic E-state index is 11.6. The third-order valence-corrected chi connectivity index (χ3v) is 3.08. The van der Waals surface area contributed by atoms with Crippen LogP contribution >= 0.6 is 0 Å². The fraction of sp³-hybridized carbons (Fsp3) is 0.545. The number of rotatable bonds is 1. The predicted octanol–water partition coefficient (Wildman–Crippen LogP) is 1.17. The predicted molar refractivity (Wildman–Crippen MR) is 55.6 cm³/mol. The second kappa shape index (κ2) is 3.96. The van der Waals surface area contributed by atoms with E-state index in [2.05, 4.69) is 11.9 Å². The lowest BCUT2D eigenvalue weighted by Gasteiger charge is -2.29. The number of carbonyl (C=O) groups excluding carboxylic acids is 1. The van der Waals surface area contributed by atoms with Gasteiger partial charge in [-0.05, 0) is 12.3 Å². The largest absolute Gasteiger partial charge is 0.300 e. The SMILES string of the molecule is CC1CCC(=O)CC1n1cnccc1=O. The van der Waals surface area contributed by atoms with Crippen molar-refractivity contribution in [2.45, 2.75) is 32.2 Å².